The van der Waals surface area contributed by atoms with E-state index in [4.69, 9.17) is 9.47 Å². The molecule has 6 heteroatoms. The smallest absolute Gasteiger partial charge is 0.245 e. The second-order valence-corrected chi connectivity index (χ2v) is 9.76. The van der Waals surface area contributed by atoms with Crippen LogP contribution in [0.15, 0.2) is 42.5 Å². The molecule has 0 N–H and O–H groups in total. The first kappa shape index (κ1) is 20.8. The van der Waals surface area contributed by atoms with E-state index in [-0.39, 0.29) is 5.91 Å². The molecule has 3 heterocycles. The van der Waals surface area contributed by atoms with E-state index < -0.39 is 0 Å². The lowest BCUT2D eigenvalue weighted by atomic mass is 9.88. The molecular formula is C27H31N3O3. The van der Waals surface area contributed by atoms with E-state index >= 15 is 0 Å². The number of ether oxygens (including phenoxy) is 2. The van der Waals surface area contributed by atoms with Gasteiger partial charge in [-0.2, -0.15) is 0 Å². The van der Waals surface area contributed by atoms with Gasteiger partial charge in [-0.3, -0.25) is 19.2 Å². The summed E-state index contributed by atoms with van der Waals surface area (Å²) in [5, 5.41) is 1.26. The van der Waals surface area contributed by atoms with Gasteiger partial charge in [-0.05, 0) is 54.5 Å². The van der Waals surface area contributed by atoms with Crippen molar-refractivity contribution >= 4 is 16.8 Å². The van der Waals surface area contributed by atoms with E-state index in [9.17, 15) is 4.79 Å². The molecule has 1 saturated heterocycles. The van der Waals surface area contributed by atoms with E-state index in [0.717, 1.165) is 69.0 Å². The fraction of sp³-hybridized carbons (Fsp3) is 0.444. The number of carbonyl (C=O) groups excluding carboxylic acids is 1. The van der Waals surface area contributed by atoms with Crippen LogP contribution in [0, 0.1) is 5.92 Å². The minimum Gasteiger partial charge on any atom is -0.454 e. The highest BCUT2D eigenvalue weighted by Crippen LogP contribution is 2.35. The Hall–Kier alpha value is -2.83. The molecule has 3 aromatic rings. The monoisotopic (exact) mass is 445 g/mol. The molecule has 0 saturated carbocycles. The van der Waals surface area contributed by atoms with Crippen LogP contribution in [0.5, 0.6) is 11.5 Å². The highest BCUT2D eigenvalue weighted by Gasteiger charge is 2.27. The fourth-order valence-corrected chi connectivity index (χ4v) is 5.63. The average Bonchev–Trinajstić information content (AvgIpc) is 3.42. The van der Waals surface area contributed by atoms with E-state index in [2.05, 4.69) is 53.1 Å². The van der Waals surface area contributed by atoms with Gasteiger partial charge in [-0.15, -0.1) is 0 Å². The lowest BCUT2D eigenvalue weighted by Crippen LogP contribution is -2.48. The molecule has 2 aromatic carbocycles. The SMILES string of the molecule is C[C@@H]1CCc2c(c3ccccc3n2C(=O)CN2CCN(Cc3ccc4c(c3)OCO4)CC2)C1. The molecule has 1 atom stereocenters. The van der Waals surface area contributed by atoms with Gasteiger partial charge < -0.3 is 9.47 Å². The number of hydrogen-bond acceptors (Lipinski definition) is 5. The maximum absolute atomic E-state index is 13.5. The molecule has 0 spiro atoms. The number of nitrogens with zero attached hydrogens (tertiary/aromatic N) is 3. The van der Waals surface area contributed by atoms with Crippen molar-refractivity contribution in [2.24, 2.45) is 5.92 Å². The van der Waals surface area contributed by atoms with Crippen molar-refractivity contribution in [2.45, 2.75) is 32.7 Å². The summed E-state index contributed by atoms with van der Waals surface area (Å²) in [5.74, 6) is 2.57. The van der Waals surface area contributed by atoms with E-state index in [1.165, 1.54) is 22.2 Å². The lowest BCUT2D eigenvalue weighted by molar-refractivity contribution is 0.0768. The number of benzene rings is 2. The fourth-order valence-electron chi connectivity index (χ4n) is 5.63. The molecule has 6 rings (SSSR count). The highest BCUT2D eigenvalue weighted by molar-refractivity contribution is 5.97. The molecule has 3 aliphatic rings. The third-order valence-electron chi connectivity index (χ3n) is 7.43. The molecule has 33 heavy (non-hydrogen) atoms. The van der Waals surface area contributed by atoms with E-state index in [1.54, 1.807) is 0 Å². The van der Waals surface area contributed by atoms with Crippen molar-refractivity contribution in [3.05, 3.63) is 59.3 Å². The third kappa shape index (κ3) is 3.91. The summed E-state index contributed by atoms with van der Waals surface area (Å²) < 4.78 is 13.0. The molecule has 6 nitrogen and oxygen atoms in total. The zero-order chi connectivity index (χ0) is 22.4. The van der Waals surface area contributed by atoms with Gasteiger partial charge in [0.15, 0.2) is 11.5 Å². The van der Waals surface area contributed by atoms with Crippen molar-refractivity contribution in [3.63, 3.8) is 0 Å². The summed E-state index contributed by atoms with van der Waals surface area (Å²) in [5.41, 5.74) is 4.97. The van der Waals surface area contributed by atoms with Gasteiger partial charge in [-0.25, -0.2) is 0 Å². The predicted molar refractivity (Wildman–Crippen MR) is 128 cm³/mol. The van der Waals surface area contributed by atoms with Crippen LogP contribution in [0.2, 0.25) is 0 Å². The minimum atomic E-state index is 0.214. The topological polar surface area (TPSA) is 46.9 Å². The standard InChI is InChI=1S/C27H31N3O3/c1-19-6-8-24-22(14-19)21-4-2-3-5-23(21)30(24)27(31)17-29-12-10-28(11-13-29)16-20-7-9-25-26(15-20)33-18-32-25/h2-5,7,9,15,19H,6,8,10-14,16-18H2,1H3/t19-/m1/s1. The molecule has 2 aliphatic heterocycles. The Balaban J connectivity index is 1.12. The minimum absolute atomic E-state index is 0.214. The third-order valence-corrected chi connectivity index (χ3v) is 7.43. The second-order valence-electron chi connectivity index (χ2n) is 9.76. The molecule has 0 bridgehead atoms. The Morgan fingerprint density at radius 3 is 2.67 bits per heavy atom. The number of para-hydroxylation sites is 1. The van der Waals surface area contributed by atoms with Crippen LogP contribution in [0.3, 0.4) is 0 Å². The average molecular weight is 446 g/mol. The number of rotatable bonds is 4. The predicted octanol–water partition coefficient (Wildman–Crippen LogP) is 3.95. The van der Waals surface area contributed by atoms with Crippen molar-refractivity contribution < 1.29 is 14.3 Å². The Morgan fingerprint density at radius 2 is 1.79 bits per heavy atom. The van der Waals surface area contributed by atoms with Crippen LogP contribution in [0.25, 0.3) is 10.9 Å². The summed E-state index contributed by atoms with van der Waals surface area (Å²) >= 11 is 0. The number of fused-ring (bicyclic) bond motifs is 4. The second kappa shape index (κ2) is 8.50. The zero-order valence-electron chi connectivity index (χ0n) is 19.3. The summed E-state index contributed by atoms with van der Waals surface area (Å²) in [7, 11) is 0. The Kier molecular flexibility index (Phi) is 5.35. The number of aromatic nitrogens is 1. The maximum Gasteiger partial charge on any atom is 0.245 e. The van der Waals surface area contributed by atoms with Crippen molar-refractivity contribution in [2.75, 3.05) is 39.5 Å². The molecule has 1 aromatic heterocycles. The molecule has 1 aliphatic carbocycles. The van der Waals surface area contributed by atoms with E-state index in [0.29, 0.717) is 19.3 Å². The van der Waals surface area contributed by atoms with E-state index in [1.807, 2.05) is 10.6 Å². The largest absolute Gasteiger partial charge is 0.454 e. The first-order valence-electron chi connectivity index (χ1n) is 12.1. The number of piperazine rings is 1. The number of hydrogen-bond donors (Lipinski definition) is 0. The molecule has 172 valence electrons. The van der Waals surface area contributed by atoms with Gasteiger partial charge in [0.05, 0.1) is 12.1 Å². The first-order chi connectivity index (χ1) is 16.2. The quantitative estimate of drug-likeness (QED) is 0.609. The molecule has 0 radical (unpaired) electrons. The Labute approximate surface area is 194 Å². The van der Waals surface area contributed by atoms with Gasteiger partial charge in [-0.1, -0.05) is 31.2 Å². The van der Waals surface area contributed by atoms with Gasteiger partial charge in [0, 0.05) is 43.8 Å². The molecule has 0 unspecified atom stereocenters. The van der Waals surface area contributed by atoms with Crippen LogP contribution in [0.4, 0.5) is 0 Å². The van der Waals surface area contributed by atoms with Gasteiger partial charge in [0.1, 0.15) is 0 Å². The zero-order valence-corrected chi connectivity index (χ0v) is 19.3. The van der Waals surface area contributed by atoms with Crippen LogP contribution >= 0.6 is 0 Å². The number of carbonyl (C=O) groups is 1. The van der Waals surface area contributed by atoms with Gasteiger partial charge >= 0.3 is 0 Å². The lowest BCUT2D eigenvalue weighted by Gasteiger charge is -2.34. The van der Waals surface area contributed by atoms with Gasteiger partial charge in [0.2, 0.25) is 12.7 Å². The normalized spacial score (nSPS) is 20.8. The Bertz CT molecular complexity index is 1190. The summed E-state index contributed by atoms with van der Waals surface area (Å²) in [4.78, 5) is 18.3. The summed E-state index contributed by atoms with van der Waals surface area (Å²) in [6.45, 7) is 7.76. The molecule has 1 fully saturated rings. The van der Waals surface area contributed by atoms with Crippen LogP contribution in [-0.4, -0.2) is 59.8 Å². The Morgan fingerprint density at radius 1 is 1.00 bits per heavy atom. The summed E-state index contributed by atoms with van der Waals surface area (Å²) in [6.07, 6.45) is 3.24. The van der Waals surface area contributed by atoms with Crippen LogP contribution in [0.1, 0.15) is 35.0 Å². The molecule has 0 amide bonds. The summed E-state index contributed by atoms with van der Waals surface area (Å²) in [6, 6.07) is 14.6. The van der Waals surface area contributed by atoms with Crippen molar-refractivity contribution in [1.29, 1.82) is 0 Å². The first-order valence-corrected chi connectivity index (χ1v) is 12.1. The maximum atomic E-state index is 13.5. The van der Waals surface area contributed by atoms with Crippen LogP contribution < -0.4 is 9.47 Å². The van der Waals surface area contributed by atoms with Gasteiger partial charge in [0.25, 0.3) is 0 Å². The molecular weight excluding hydrogens is 414 g/mol. The van der Waals surface area contributed by atoms with Crippen LogP contribution in [-0.2, 0) is 19.4 Å². The highest BCUT2D eigenvalue weighted by atomic mass is 16.7. The van der Waals surface area contributed by atoms with Crippen molar-refractivity contribution in [1.82, 2.24) is 14.4 Å². The van der Waals surface area contributed by atoms with Crippen molar-refractivity contribution in [3.8, 4) is 11.5 Å².